The van der Waals surface area contributed by atoms with Gasteiger partial charge in [0.25, 0.3) is 0 Å². The van der Waals surface area contributed by atoms with E-state index >= 15 is 0 Å². The van der Waals surface area contributed by atoms with Crippen molar-refractivity contribution in [1.29, 1.82) is 0 Å². The van der Waals surface area contributed by atoms with Crippen LogP contribution in [0.4, 0.5) is 0 Å². The first kappa shape index (κ1) is 19.8. The molecule has 0 heterocycles. The van der Waals surface area contributed by atoms with Gasteiger partial charge in [-0.05, 0) is 13.3 Å². The largest absolute Gasteiger partial charge is 0.460 e. The Hall–Kier alpha value is -1.19. The number of Topliss-reactive ketones (excluding diaryl/α,β-unsaturated/α-hetero) is 2. The summed E-state index contributed by atoms with van der Waals surface area (Å²) in [7, 11) is 0. The molecule has 0 aromatic carbocycles. The molecule has 0 rings (SSSR count). The Morgan fingerprint density at radius 2 is 1.24 bits per heavy atom. The lowest BCUT2D eigenvalue weighted by Crippen LogP contribution is -2.20. The average Bonchev–Trinajstić information content (AvgIpc) is 2.43. The maximum absolute atomic E-state index is 11.2. The highest BCUT2D eigenvalue weighted by atomic mass is 16.5. The lowest BCUT2D eigenvalue weighted by atomic mass is 10.1. The van der Waals surface area contributed by atoms with Gasteiger partial charge in [0, 0.05) is 0 Å². The number of rotatable bonds is 14. The van der Waals surface area contributed by atoms with E-state index in [1.807, 2.05) is 0 Å². The summed E-state index contributed by atoms with van der Waals surface area (Å²) in [6.45, 7) is 3.78. The Morgan fingerprint density at radius 3 is 1.71 bits per heavy atom. The molecule has 0 aromatic heterocycles. The lowest BCUT2D eigenvalue weighted by molar-refractivity contribution is -0.154. The molecular formula is C17H30O4. The van der Waals surface area contributed by atoms with Crippen molar-refractivity contribution in [2.24, 2.45) is 0 Å². The molecule has 0 unspecified atom stereocenters. The zero-order valence-electron chi connectivity index (χ0n) is 13.6. The molecular weight excluding hydrogens is 268 g/mol. The zero-order valence-corrected chi connectivity index (χ0v) is 13.6. The second-order valence-electron chi connectivity index (χ2n) is 5.62. The molecule has 0 spiro atoms. The van der Waals surface area contributed by atoms with E-state index in [4.69, 9.17) is 4.74 Å². The second-order valence-corrected chi connectivity index (χ2v) is 5.62. The maximum Gasteiger partial charge on any atom is 0.375 e. The summed E-state index contributed by atoms with van der Waals surface area (Å²) < 4.78 is 4.84. The normalized spacial score (nSPS) is 10.4. The van der Waals surface area contributed by atoms with Crippen LogP contribution >= 0.6 is 0 Å². The molecule has 0 aliphatic rings. The fourth-order valence-corrected chi connectivity index (χ4v) is 2.13. The topological polar surface area (TPSA) is 60.4 Å². The van der Waals surface area contributed by atoms with Gasteiger partial charge in [0.15, 0.2) is 0 Å². The SMILES string of the molecule is CCCCCCCCCCCCOC(=O)C(=O)CC(C)=O. The minimum absolute atomic E-state index is 0.277. The molecule has 0 amide bonds. The Balaban J connectivity index is 3.30. The lowest BCUT2D eigenvalue weighted by Gasteiger charge is -2.04. The van der Waals surface area contributed by atoms with Crippen LogP contribution in [0.25, 0.3) is 0 Å². The molecule has 4 nitrogen and oxygen atoms in total. The summed E-state index contributed by atoms with van der Waals surface area (Å²) in [5.41, 5.74) is 0. The monoisotopic (exact) mass is 298 g/mol. The fourth-order valence-electron chi connectivity index (χ4n) is 2.13. The van der Waals surface area contributed by atoms with Crippen LogP contribution in [0, 0.1) is 0 Å². The maximum atomic E-state index is 11.2. The Labute approximate surface area is 128 Å². The summed E-state index contributed by atoms with van der Waals surface area (Å²) >= 11 is 0. The van der Waals surface area contributed by atoms with Gasteiger partial charge in [-0.1, -0.05) is 64.7 Å². The number of esters is 1. The predicted molar refractivity (Wildman–Crippen MR) is 83.1 cm³/mol. The van der Waals surface area contributed by atoms with Crippen LogP contribution in [0.15, 0.2) is 0 Å². The van der Waals surface area contributed by atoms with E-state index in [9.17, 15) is 14.4 Å². The van der Waals surface area contributed by atoms with Gasteiger partial charge in [0.1, 0.15) is 5.78 Å². The van der Waals surface area contributed by atoms with Crippen LogP contribution in [0.3, 0.4) is 0 Å². The fraction of sp³-hybridized carbons (Fsp3) is 0.824. The average molecular weight is 298 g/mol. The summed E-state index contributed by atoms with van der Waals surface area (Å²) in [6, 6.07) is 0. The highest BCUT2D eigenvalue weighted by molar-refractivity contribution is 6.36. The molecule has 0 radical (unpaired) electrons. The second kappa shape index (κ2) is 13.8. The minimum Gasteiger partial charge on any atom is -0.460 e. The van der Waals surface area contributed by atoms with E-state index in [2.05, 4.69) is 6.92 Å². The molecule has 0 saturated heterocycles. The first-order chi connectivity index (χ1) is 10.1. The molecule has 0 bridgehead atoms. The summed E-state index contributed by atoms with van der Waals surface area (Å²) in [5.74, 6) is -1.92. The quantitative estimate of drug-likeness (QED) is 0.210. The van der Waals surface area contributed by atoms with Crippen molar-refractivity contribution in [3.05, 3.63) is 0 Å². The predicted octanol–water partition coefficient (Wildman–Crippen LogP) is 4.00. The molecule has 0 N–H and O–H groups in total. The number of ketones is 2. The van der Waals surface area contributed by atoms with Crippen molar-refractivity contribution >= 4 is 17.5 Å². The van der Waals surface area contributed by atoms with Gasteiger partial charge in [-0.15, -0.1) is 0 Å². The van der Waals surface area contributed by atoms with E-state index in [0.717, 1.165) is 19.3 Å². The number of carbonyl (C=O) groups is 3. The zero-order chi connectivity index (χ0) is 15.9. The smallest absolute Gasteiger partial charge is 0.375 e. The molecule has 0 fully saturated rings. The summed E-state index contributed by atoms with van der Waals surface area (Å²) in [4.78, 5) is 33.1. The Morgan fingerprint density at radius 1 is 0.762 bits per heavy atom. The van der Waals surface area contributed by atoms with Crippen LogP contribution in [0.2, 0.25) is 0 Å². The van der Waals surface area contributed by atoms with Crippen molar-refractivity contribution in [2.45, 2.75) is 84.5 Å². The number of ether oxygens (including phenoxy) is 1. The molecule has 0 aliphatic heterocycles. The van der Waals surface area contributed by atoms with Crippen LogP contribution in [-0.2, 0) is 19.1 Å². The van der Waals surface area contributed by atoms with Crippen molar-refractivity contribution in [1.82, 2.24) is 0 Å². The summed E-state index contributed by atoms with van der Waals surface area (Å²) in [6.07, 6.45) is 11.7. The van der Waals surface area contributed by atoms with Crippen LogP contribution < -0.4 is 0 Å². The standard InChI is InChI=1S/C17H30O4/c1-3-4-5-6-7-8-9-10-11-12-13-21-17(20)16(19)14-15(2)18/h3-14H2,1-2H3. The number of hydrogen-bond acceptors (Lipinski definition) is 4. The van der Waals surface area contributed by atoms with E-state index < -0.39 is 11.8 Å². The van der Waals surface area contributed by atoms with Gasteiger partial charge in [-0.3, -0.25) is 9.59 Å². The highest BCUT2D eigenvalue weighted by Crippen LogP contribution is 2.10. The third kappa shape index (κ3) is 13.5. The number of unbranched alkanes of at least 4 members (excludes halogenated alkanes) is 9. The van der Waals surface area contributed by atoms with Gasteiger partial charge in [-0.25, -0.2) is 4.79 Å². The van der Waals surface area contributed by atoms with Crippen molar-refractivity contribution < 1.29 is 19.1 Å². The van der Waals surface area contributed by atoms with Crippen LogP contribution in [0.5, 0.6) is 0 Å². The van der Waals surface area contributed by atoms with Crippen molar-refractivity contribution in [3.8, 4) is 0 Å². The van der Waals surface area contributed by atoms with E-state index in [1.165, 1.54) is 51.9 Å². The van der Waals surface area contributed by atoms with Gasteiger partial charge in [0.2, 0.25) is 5.78 Å². The molecule has 21 heavy (non-hydrogen) atoms. The summed E-state index contributed by atoms with van der Waals surface area (Å²) in [5, 5.41) is 0. The number of hydrogen-bond donors (Lipinski definition) is 0. The first-order valence-corrected chi connectivity index (χ1v) is 8.27. The third-order valence-corrected chi connectivity index (χ3v) is 3.37. The molecule has 4 heteroatoms. The van der Waals surface area contributed by atoms with Crippen molar-refractivity contribution in [2.75, 3.05) is 6.61 Å². The first-order valence-electron chi connectivity index (χ1n) is 8.27. The molecule has 122 valence electrons. The van der Waals surface area contributed by atoms with Gasteiger partial charge in [-0.2, -0.15) is 0 Å². The molecule has 0 aromatic rings. The van der Waals surface area contributed by atoms with E-state index in [1.54, 1.807) is 0 Å². The molecule has 0 atom stereocenters. The van der Waals surface area contributed by atoms with Gasteiger partial charge in [0.05, 0.1) is 13.0 Å². The van der Waals surface area contributed by atoms with Crippen LogP contribution in [0.1, 0.15) is 84.5 Å². The molecule has 0 aliphatic carbocycles. The Kier molecular flexibility index (Phi) is 13.0. The van der Waals surface area contributed by atoms with Crippen molar-refractivity contribution in [3.63, 3.8) is 0 Å². The highest BCUT2D eigenvalue weighted by Gasteiger charge is 2.16. The van der Waals surface area contributed by atoms with Crippen LogP contribution in [-0.4, -0.2) is 24.1 Å². The minimum atomic E-state index is -0.874. The Bertz CT molecular complexity index is 310. The molecule has 0 saturated carbocycles. The van der Waals surface area contributed by atoms with E-state index in [0.29, 0.717) is 0 Å². The van der Waals surface area contributed by atoms with Gasteiger partial charge >= 0.3 is 5.97 Å². The number of carbonyl (C=O) groups excluding carboxylic acids is 3. The van der Waals surface area contributed by atoms with Gasteiger partial charge < -0.3 is 4.74 Å². The third-order valence-electron chi connectivity index (χ3n) is 3.37. The van der Waals surface area contributed by atoms with E-state index in [-0.39, 0.29) is 18.8 Å².